The average molecular weight is 834 g/mol. The summed E-state index contributed by atoms with van der Waals surface area (Å²) in [6, 6.07) is 2.97. The van der Waals surface area contributed by atoms with Crippen molar-refractivity contribution in [3.8, 4) is 0 Å². The summed E-state index contributed by atoms with van der Waals surface area (Å²) in [5, 5.41) is 42.8. The van der Waals surface area contributed by atoms with Gasteiger partial charge in [0, 0.05) is 32.6 Å². The lowest BCUT2D eigenvalue weighted by atomic mass is 10.0. The molecule has 0 unspecified atom stereocenters. The summed E-state index contributed by atoms with van der Waals surface area (Å²) in [4.78, 5) is 121. The van der Waals surface area contributed by atoms with Gasteiger partial charge in [0.1, 0.15) is 24.2 Å². The Hall–Kier alpha value is -6.36. The maximum Gasteiger partial charge on any atom is 0.317 e. The first kappa shape index (κ1) is 48.8. The van der Waals surface area contributed by atoms with Crippen molar-refractivity contribution in [2.75, 3.05) is 59.4 Å². The van der Waals surface area contributed by atoms with Crippen LogP contribution in [-0.4, -0.2) is 168 Å². The minimum absolute atomic E-state index is 0.00424. The molecule has 0 aliphatic carbocycles. The van der Waals surface area contributed by atoms with E-state index in [2.05, 4.69) is 36.9 Å². The van der Waals surface area contributed by atoms with Crippen LogP contribution in [0.5, 0.6) is 0 Å². The van der Waals surface area contributed by atoms with Gasteiger partial charge in [-0.15, -0.1) is 0 Å². The predicted molar refractivity (Wildman–Crippen MR) is 209 cm³/mol. The van der Waals surface area contributed by atoms with Crippen LogP contribution in [0.4, 0.5) is 0 Å². The first-order chi connectivity index (χ1) is 27.9. The van der Waals surface area contributed by atoms with Crippen LogP contribution in [0.15, 0.2) is 35.3 Å². The first-order valence-corrected chi connectivity index (χ1v) is 18.8. The number of carboxylic acid groups (broad SMARTS) is 3. The number of nitrogens with one attached hydrogen (secondary N) is 6. The summed E-state index contributed by atoms with van der Waals surface area (Å²) in [5.41, 5.74) is 11.4. The van der Waals surface area contributed by atoms with Gasteiger partial charge < -0.3 is 58.7 Å². The summed E-state index contributed by atoms with van der Waals surface area (Å²) in [7, 11) is 1.54. The third kappa shape index (κ3) is 20.6. The van der Waals surface area contributed by atoms with Gasteiger partial charge in [-0.1, -0.05) is 30.3 Å². The van der Waals surface area contributed by atoms with Gasteiger partial charge in [-0.2, -0.15) is 0 Å². The average Bonchev–Trinajstić information content (AvgIpc) is 3.15. The van der Waals surface area contributed by atoms with E-state index in [1.54, 1.807) is 37.4 Å². The largest absolute Gasteiger partial charge is 0.481 e. The van der Waals surface area contributed by atoms with Crippen LogP contribution in [0.3, 0.4) is 0 Å². The third-order valence-electron chi connectivity index (χ3n) is 8.75. The Morgan fingerprint density at radius 1 is 0.729 bits per heavy atom. The number of aliphatic imine (C=N–C) groups is 1. The minimum Gasteiger partial charge on any atom is -0.481 e. The Labute approximate surface area is 340 Å². The van der Waals surface area contributed by atoms with E-state index in [0.717, 1.165) is 0 Å². The van der Waals surface area contributed by atoms with Gasteiger partial charge >= 0.3 is 17.9 Å². The Morgan fingerprint density at radius 3 is 1.95 bits per heavy atom. The molecule has 1 fully saturated rings. The molecular formula is C36H55N11O12. The Bertz CT molecular complexity index is 1660. The van der Waals surface area contributed by atoms with Gasteiger partial charge in [-0.3, -0.25) is 57.9 Å². The number of amides is 6. The molecule has 1 heterocycles. The Kier molecular flexibility index (Phi) is 21.3. The van der Waals surface area contributed by atoms with Crippen LogP contribution in [0.2, 0.25) is 0 Å². The molecule has 2 rings (SSSR count). The van der Waals surface area contributed by atoms with E-state index in [1.807, 2.05) is 0 Å². The molecule has 0 spiro atoms. The maximum absolute atomic E-state index is 13.9. The van der Waals surface area contributed by atoms with Gasteiger partial charge in [0.2, 0.25) is 35.4 Å². The van der Waals surface area contributed by atoms with Crippen molar-refractivity contribution in [2.24, 2.45) is 16.5 Å². The summed E-state index contributed by atoms with van der Waals surface area (Å²) in [6.45, 7) is -1.22. The molecule has 1 saturated heterocycles. The van der Waals surface area contributed by atoms with Crippen molar-refractivity contribution in [1.29, 1.82) is 0 Å². The lowest BCUT2D eigenvalue weighted by Crippen LogP contribution is -2.58. The van der Waals surface area contributed by atoms with Gasteiger partial charge in [0.05, 0.1) is 32.6 Å². The highest BCUT2D eigenvalue weighted by molar-refractivity contribution is 5.98. The van der Waals surface area contributed by atoms with Crippen molar-refractivity contribution in [3.05, 3.63) is 35.9 Å². The SMILES string of the molecule is CN(CCN(CC(=O)O)CC(=O)NCCCC[C@@H]1NC(=O)[C@@H](Cc2ccccc2)NC(=O)[C@H](CC(=O)O)NC(=O)CNC(=O)[C@H](CCCN=C(N)N)NC1=O)CC(=O)O. The molecule has 1 aromatic rings. The molecule has 1 aromatic carbocycles. The minimum atomic E-state index is -1.64. The van der Waals surface area contributed by atoms with Gasteiger partial charge in [-0.05, 0) is 44.7 Å². The third-order valence-corrected chi connectivity index (χ3v) is 8.75. The van der Waals surface area contributed by atoms with E-state index in [0.29, 0.717) is 5.56 Å². The molecule has 1 aliphatic rings. The second kappa shape index (κ2) is 25.8. The number of nitrogens with zero attached hydrogens (tertiary/aromatic N) is 3. The van der Waals surface area contributed by atoms with E-state index in [1.165, 1.54) is 9.80 Å². The summed E-state index contributed by atoms with van der Waals surface area (Å²) >= 11 is 0. The number of hydrogen-bond acceptors (Lipinski definition) is 12. The summed E-state index contributed by atoms with van der Waals surface area (Å²) < 4.78 is 0. The number of hydrogen-bond donors (Lipinski definition) is 11. The highest BCUT2D eigenvalue weighted by Crippen LogP contribution is 2.09. The summed E-state index contributed by atoms with van der Waals surface area (Å²) in [5.74, 6) is -8.68. The zero-order chi connectivity index (χ0) is 43.9. The standard InChI is InChI=1S/C36H55N11O12/c1-46(20-30(52)53)14-15-47(21-31(54)55)19-28(49)39-12-6-5-10-24-33(57)43-23(11-7-13-40-36(37)38)32(56)41-18-27(48)42-26(17-29(50)51)35(59)45-25(34(58)44-24)16-22-8-3-2-4-9-22/h2-4,8-9,23-26H,5-7,10-21H2,1H3,(H,39,49)(H,41,56)(H,42,48)(H,43,57)(H,44,58)(H,45,59)(H,50,51)(H,52,53)(H,54,55)(H4,37,38,40)/t23-,24-,25+,26-/m0/s1. The number of unbranched alkanes of at least 4 members (excludes halogenated alkanes) is 1. The molecule has 0 radical (unpaired) electrons. The lowest BCUT2D eigenvalue weighted by Gasteiger charge is -2.26. The number of guanidine groups is 1. The molecular weight excluding hydrogens is 778 g/mol. The highest BCUT2D eigenvalue weighted by atomic mass is 16.4. The van der Waals surface area contributed by atoms with E-state index in [9.17, 15) is 53.4 Å². The number of nitrogens with two attached hydrogens (primary N) is 2. The zero-order valence-electron chi connectivity index (χ0n) is 32.8. The van der Waals surface area contributed by atoms with Crippen LogP contribution in [0.1, 0.15) is 44.1 Å². The van der Waals surface area contributed by atoms with Crippen LogP contribution in [0, 0.1) is 0 Å². The molecule has 23 nitrogen and oxygen atoms in total. The smallest absolute Gasteiger partial charge is 0.317 e. The molecule has 0 aromatic heterocycles. The van der Waals surface area contributed by atoms with Crippen molar-refractivity contribution in [1.82, 2.24) is 41.7 Å². The zero-order valence-corrected chi connectivity index (χ0v) is 32.8. The van der Waals surface area contributed by atoms with E-state index in [4.69, 9.17) is 16.6 Å². The number of carbonyl (C=O) groups excluding carboxylic acids is 6. The second-order valence-electron chi connectivity index (χ2n) is 13.8. The monoisotopic (exact) mass is 833 g/mol. The molecule has 1 aliphatic heterocycles. The topological polar surface area (TPSA) is 357 Å². The number of rotatable bonds is 22. The normalized spacial score (nSPS) is 19.2. The molecule has 23 heteroatoms. The number of carbonyl (C=O) groups is 9. The predicted octanol–water partition coefficient (Wildman–Crippen LogP) is -4.48. The van der Waals surface area contributed by atoms with E-state index >= 15 is 0 Å². The fourth-order valence-corrected chi connectivity index (χ4v) is 5.82. The molecule has 6 amide bonds. The number of aliphatic carboxylic acids is 3. The van der Waals surface area contributed by atoms with Crippen LogP contribution < -0.4 is 43.4 Å². The molecule has 0 bridgehead atoms. The van der Waals surface area contributed by atoms with Crippen LogP contribution in [-0.2, 0) is 49.6 Å². The Balaban J connectivity index is 2.30. The first-order valence-electron chi connectivity index (χ1n) is 18.8. The number of likely N-dealkylation sites (N-methyl/N-ethyl adjacent to an activating group) is 1. The van der Waals surface area contributed by atoms with E-state index < -0.39 is 97.0 Å². The quantitative estimate of drug-likeness (QED) is 0.0298. The number of benzene rings is 1. The van der Waals surface area contributed by atoms with E-state index in [-0.39, 0.29) is 83.8 Å². The summed E-state index contributed by atoms with van der Waals surface area (Å²) in [6.07, 6.45) is -0.245. The Morgan fingerprint density at radius 2 is 1.32 bits per heavy atom. The molecule has 0 saturated carbocycles. The second-order valence-corrected chi connectivity index (χ2v) is 13.8. The molecule has 4 atom stereocenters. The van der Waals surface area contributed by atoms with Crippen molar-refractivity contribution in [3.63, 3.8) is 0 Å². The number of carboxylic acids is 3. The van der Waals surface area contributed by atoms with Crippen molar-refractivity contribution >= 4 is 59.3 Å². The fraction of sp³-hybridized carbons (Fsp3) is 0.556. The molecule has 13 N–H and O–H groups in total. The lowest BCUT2D eigenvalue weighted by molar-refractivity contribution is -0.141. The van der Waals surface area contributed by atoms with Gasteiger partial charge in [0.25, 0.3) is 0 Å². The maximum atomic E-state index is 13.9. The van der Waals surface area contributed by atoms with Crippen LogP contribution >= 0.6 is 0 Å². The van der Waals surface area contributed by atoms with Crippen molar-refractivity contribution < 1.29 is 58.5 Å². The molecule has 59 heavy (non-hydrogen) atoms. The highest BCUT2D eigenvalue weighted by Gasteiger charge is 2.33. The fourth-order valence-electron chi connectivity index (χ4n) is 5.82. The van der Waals surface area contributed by atoms with Crippen LogP contribution in [0.25, 0.3) is 0 Å². The van der Waals surface area contributed by atoms with Gasteiger partial charge in [-0.25, -0.2) is 0 Å². The van der Waals surface area contributed by atoms with Crippen molar-refractivity contribution in [2.45, 2.75) is 69.1 Å². The molecule has 326 valence electrons. The van der Waals surface area contributed by atoms with Gasteiger partial charge in [0.15, 0.2) is 5.96 Å².